The van der Waals surface area contributed by atoms with E-state index in [9.17, 15) is 0 Å². The van der Waals surface area contributed by atoms with Crippen LogP contribution in [0.5, 0.6) is 0 Å². The minimum Gasteiger partial charge on any atom is -0.0990 e. The van der Waals surface area contributed by atoms with Gasteiger partial charge in [0.25, 0.3) is 0 Å². The van der Waals surface area contributed by atoms with E-state index in [0.29, 0.717) is 0 Å². The minimum absolute atomic E-state index is 0.729. The van der Waals surface area contributed by atoms with Gasteiger partial charge in [0.2, 0.25) is 0 Å². The Morgan fingerprint density at radius 3 is 2.78 bits per heavy atom. The van der Waals surface area contributed by atoms with Gasteiger partial charge in [0.05, 0.1) is 0 Å². The highest BCUT2D eigenvalue weighted by Gasteiger charge is 1.77. The molecular formula is C8H11Cl. The third kappa shape index (κ3) is 5.38. The number of allylic oxidation sites excluding steroid dienone is 5. The lowest BCUT2D eigenvalue weighted by molar-refractivity contribution is 1.22. The van der Waals surface area contributed by atoms with Gasteiger partial charge >= 0.3 is 0 Å². The molecule has 0 aromatic carbocycles. The van der Waals surface area contributed by atoms with Gasteiger partial charge in [-0.05, 0) is 18.6 Å². The quantitative estimate of drug-likeness (QED) is 0.531. The van der Waals surface area contributed by atoms with Crippen LogP contribution in [0.4, 0.5) is 0 Å². The van der Waals surface area contributed by atoms with Crippen LogP contribution in [-0.4, -0.2) is 0 Å². The molecule has 50 valence electrons. The van der Waals surface area contributed by atoms with Crippen molar-refractivity contribution in [3.05, 3.63) is 35.9 Å². The fourth-order valence-electron chi connectivity index (χ4n) is 0.399. The molecule has 0 radical (unpaired) electrons. The second kappa shape index (κ2) is 5.64. The molecule has 0 aromatic heterocycles. The summed E-state index contributed by atoms with van der Waals surface area (Å²) in [4.78, 5) is 0. The molecule has 0 atom stereocenters. The van der Waals surface area contributed by atoms with Crippen LogP contribution < -0.4 is 0 Å². The third-order valence-electron chi connectivity index (χ3n) is 0.790. The van der Waals surface area contributed by atoms with Gasteiger partial charge in [-0.1, -0.05) is 37.3 Å². The maximum atomic E-state index is 5.66. The minimum atomic E-state index is 0.729. The molecule has 0 nitrogen and oxygen atoms in total. The molecule has 0 bridgehead atoms. The molecule has 0 aromatic rings. The highest BCUT2D eigenvalue weighted by atomic mass is 35.5. The maximum Gasteiger partial charge on any atom is 0.0402 e. The summed E-state index contributed by atoms with van der Waals surface area (Å²) in [5, 5.41) is 0.729. The standard InChI is InChI=1S/C8H11Cl/c1-3-5-7-8(9)6-4-2/h4-7H,2-3H2,1H3/b7-5-,8-6+. The van der Waals surface area contributed by atoms with Gasteiger partial charge in [-0.25, -0.2) is 0 Å². The van der Waals surface area contributed by atoms with Gasteiger partial charge in [0.1, 0.15) is 0 Å². The Bertz CT molecular complexity index is 132. The summed E-state index contributed by atoms with van der Waals surface area (Å²) < 4.78 is 0. The van der Waals surface area contributed by atoms with E-state index in [1.165, 1.54) is 0 Å². The molecule has 0 amide bonds. The van der Waals surface area contributed by atoms with E-state index in [4.69, 9.17) is 11.6 Å². The Kier molecular flexibility index (Phi) is 5.34. The normalized spacial score (nSPS) is 12.4. The Balaban J connectivity index is 3.74. The second-order valence-electron chi connectivity index (χ2n) is 1.60. The van der Waals surface area contributed by atoms with Crippen molar-refractivity contribution < 1.29 is 0 Å². The van der Waals surface area contributed by atoms with E-state index in [1.54, 1.807) is 12.2 Å². The fourth-order valence-corrected chi connectivity index (χ4v) is 0.577. The Morgan fingerprint density at radius 2 is 2.33 bits per heavy atom. The average molecular weight is 143 g/mol. The van der Waals surface area contributed by atoms with E-state index < -0.39 is 0 Å². The summed E-state index contributed by atoms with van der Waals surface area (Å²) in [6.07, 6.45) is 8.31. The Labute approximate surface area is 61.5 Å². The molecule has 0 saturated carbocycles. The van der Waals surface area contributed by atoms with Crippen LogP contribution in [0, 0.1) is 0 Å². The predicted molar refractivity (Wildman–Crippen MR) is 43.6 cm³/mol. The van der Waals surface area contributed by atoms with E-state index >= 15 is 0 Å². The zero-order valence-corrected chi connectivity index (χ0v) is 6.36. The largest absolute Gasteiger partial charge is 0.0990 e. The van der Waals surface area contributed by atoms with Gasteiger partial charge in [-0.2, -0.15) is 0 Å². The number of hydrogen-bond donors (Lipinski definition) is 0. The second-order valence-corrected chi connectivity index (χ2v) is 2.03. The van der Waals surface area contributed by atoms with Crippen molar-refractivity contribution >= 4 is 11.6 Å². The topological polar surface area (TPSA) is 0 Å². The van der Waals surface area contributed by atoms with Gasteiger partial charge < -0.3 is 0 Å². The highest BCUT2D eigenvalue weighted by Crippen LogP contribution is 2.02. The summed E-state index contributed by atoms with van der Waals surface area (Å²) in [5.41, 5.74) is 0. The van der Waals surface area contributed by atoms with Crippen molar-refractivity contribution in [2.75, 3.05) is 0 Å². The van der Waals surface area contributed by atoms with Crippen molar-refractivity contribution in [1.29, 1.82) is 0 Å². The number of halogens is 1. The molecule has 0 rings (SSSR count). The summed E-state index contributed by atoms with van der Waals surface area (Å²) in [7, 11) is 0. The first-order valence-electron chi connectivity index (χ1n) is 2.96. The molecule has 0 spiro atoms. The summed E-state index contributed by atoms with van der Waals surface area (Å²) in [6, 6.07) is 0. The van der Waals surface area contributed by atoms with Crippen molar-refractivity contribution in [3.63, 3.8) is 0 Å². The predicted octanol–water partition coefficient (Wildman–Crippen LogP) is 3.26. The number of hydrogen-bond acceptors (Lipinski definition) is 0. The van der Waals surface area contributed by atoms with Crippen molar-refractivity contribution in [2.45, 2.75) is 13.3 Å². The SMILES string of the molecule is C=C/C=C(Cl)\C=C/CC. The first kappa shape index (κ1) is 8.51. The average Bonchev–Trinajstić information content (AvgIpc) is 1.85. The van der Waals surface area contributed by atoms with Crippen molar-refractivity contribution in [2.24, 2.45) is 0 Å². The van der Waals surface area contributed by atoms with Gasteiger partial charge in [0, 0.05) is 5.03 Å². The molecule has 9 heavy (non-hydrogen) atoms. The molecule has 0 saturated heterocycles. The molecule has 0 fully saturated rings. The van der Waals surface area contributed by atoms with E-state index in [0.717, 1.165) is 11.5 Å². The third-order valence-corrected chi connectivity index (χ3v) is 1.04. The summed E-state index contributed by atoms with van der Waals surface area (Å²) >= 11 is 5.66. The van der Waals surface area contributed by atoms with Crippen LogP contribution >= 0.6 is 11.6 Å². The summed E-state index contributed by atoms with van der Waals surface area (Å²) in [6.45, 7) is 5.58. The zero-order chi connectivity index (χ0) is 7.11. The van der Waals surface area contributed by atoms with Crippen LogP contribution in [0.1, 0.15) is 13.3 Å². The lowest BCUT2D eigenvalue weighted by Crippen LogP contribution is -1.59. The first-order chi connectivity index (χ1) is 4.31. The first-order valence-corrected chi connectivity index (χ1v) is 3.33. The fraction of sp³-hybridized carbons (Fsp3) is 0.250. The summed E-state index contributed by atoms with van der Waals surface area (Å²) in [5.74, 6) is 0. The van der Waals surface area contributed by atoms with Crippen LogP contribution in [0.25, 0.3) is 0 Å². The van der Waals surface area contributed by atoms with Gasteiger partial charge in [-0.3, -0.25) is 0 Å². The van der Waals surface area contributed by atoms with Gasteiger partial charge in [-0.15, -0.1) is 0 Å². The van der Waals surface area contributed by atoms with Crippen LogP contribution in [0.15, 0.2) is 35.9 Å². The maximum absolute atomic E-state index is 5.66. The highest BCUT2D eigenvalue weighted by molar-refractivity contribution is 6.31. The molecule has 0 aliphatic heterocycles. The van der Waals surface area contributed by atoms with Crippen molar-refractivity contribution in [3.8, 4) is 0 Å². The number of rotatable bonds is 3. The van der Waals surface area contributed by atoms with Gasteiger partial charge in [0.15, 0.2) is 0 Å². The molecule has 0 heterocycles. The Hall–Kier alpha value is -0.490. The van der Waals surface area contributed by atoms with E-state index in [2.05, 4.69) is 13.5 Å². The molecule has 1 heteroatoms. The lowest BCUT2D eigenvalue weighted by Gasteiger charge is -1.82. The van der Waals surface area contributed by atoms with E-state index in [1.807, 2.05) is 12.2 Å². The molecule has 0 N–H and O–H groups in total. The zero-order valence-electron chi connectivity index (χ0n) is 5.60. The van der Waals surface area contributed by atoms with E-state index in [-0.39, 0.29) is 0 Å². The molecule has 0 aliphatic rings. The lowest BCUT2D eigenvalue weighted by atomic mass is 10.4. The molecule has 0 unspecified atom stereocenters. The molecule has 0 aliphatic carbocycles. The van der Waals surface area contributed by atoms with Crippen LogP contribution in [0.2, 0.25) is 0 Å². The van der Waals surface area contributed by atoms with Crippen LogP contribution in [0.3, 0.4) is 0 Å². The Morgan fingerprint density at radius 1 is 1.67 bits per heavy atom. The van der Waals surface area contributed by atoms with Crippen molar-refractivity contribution in [1.82, 2.24) is 0 Å². The monoisotopic (exact) mass is 142 g/mol. The smallest absolute Gasteiger partial charge is 0.0402 e. The van der Waals surface area contributed by atoms with Crippen LogP contribution in [-0.2, 0) is 0 Å². The molecular weight excluding hydrogens is 132 g/mol.